The lowest BCUT2D eigenvalue weighted by atomic mass is 10.0. The molecule has 0 fully saturated rings. The van der Waals surface area contributed by atoms with Gasteiger partial charge in [0.2, 0.25) is 0 Å². The van der Waals surface area contributed by atoms with Gasteiger partial charge >= 0.3 is 6.18 Å². The first kappa shape index (κ1) is 23.0. The van der Waals surface area contributed by atoms with Crippen molar-refractivity contribution in [3.05, 3.63) is 70.9 Å². The van der Waals surface area contributed by atoms with E-state index in [1.54, 1.807) is 6.92 Å². The minimum Gasteiger partial charge on any atom is -0.472 e. The molecular weight excluding hydrogens is 453 g/mol. The quantitative estimate of drug-likeness (QED) is 0.382. The lowest BCUT2D eigenvalue weighted by molar-refractivity contribution is -0.136. The number of benzene rings is 1. The summed E-state index contributed by atoms with van der Waals surface area (Å²) in [5.41, 5.74) is -0.401. The molecule has 34 heavy (non-hydrogen) atoms. The smallest absolute Gasteiger partial charge is 0.418 e. The van der Waals surface area contributed by atoms with Crippen LogP contribution in [0.1, 0.15) is 57.4 Å². The van der Waals surface area contributed by atoms with Crippen molar-refractivity contribution < 1.29 is 31.7 Å². The van der Waals surface area contributed by atoms with Crippen LogP contribution in [0.4, 0.5) is 24.5 Å². The Kier molecular flexibility index (Phi) is 5.86. The van der Waals surface area contributed by atoms with E-state index in [-0.39, 0.29) is 28.4 Å². The van der Waals surface area contributed by atoms with Crippen LogP contribution in [-0.2, 0) is 6.18 Å². The number of amides is 2. The van der Waals surface area contributed by atoms with E-state index < -0.39 is 29.2 Å². The minimum atomic E-state index is -4.80. The molecule has 3 heterocycles. The Bertz CT molecular complexity index is 1380. The van der Waals surface area contributed by atoms with Crippen LogP contribution in [0.5, 0.6) is 0 Å². The molecule has 3 aromatic heterocycles. The van der Waals surface area contributed by atoms with Gasteiger partial charge in [-0.05, 0) is 43.2 Å². The molecule has 0 aliphatic rings. The number of pyridine rings is 1. The van der Waals surface area contributed by atoms with Gasteiger partial charge in [0, 0.05) is 11.4 Å². The van der Waals surface area contributed by atoms with Crippen molar-refractivity contribution in [1.29, 1.82) is 0 Å². The number of furan rings is 1. The molecule has 4 aromatic rings. The summed E-state index contributed by atoms with van der Waals surface area (Å²) in [6, 6.07) is 5.98. The van der Waals surface area contributed by atoms with Gasteiger partial charge in [0.15, 0.2) is 0 Å². The van der Waals surface area contributed by atoms with Gasteiger partial charge in [0.1, 0.15) is 6.26 Å². The maximum absolute atomic E-state index is 13.8. The van der Waals surface area contributed by atoms with Gasteiger partial charge < -0.3 is 19.6 Å². The molecule has 1 aromatic carbocycles. The molecule has 0 aliphatic carbocycles. The molecule has 0 aliphatic heterocycles. The lowest BCUT2D eigenvalue weighted by Gasteiger charge is -2.16. The molecule has 11 heteroatoms. The first-order valence-electron chi connectivity index (χ1n) is 10.2. The van der Waals surface area contributed by atoms with E-state index in [0.717, 1.165) is 12.1 Å². The van der Waals surface area contributed by atoms with Gasteiger partial charge in [-0.15, -0.1) is 0 Å². The number of rotatable bonds is 5. The Balaban J connectivity index is 1.69. The summed E-state index contributed by atoms with van der Waals surface area (Å²) < 4.78 is 51.4. The highest BCUT2D eigenvalue weighted by Crippen LogP contribution is 2.37. The molecular formula is C23H19F3N4O4. The van der Waals surface area contributed by atoms with Crippen LogP contribution < -0.4 is 10.6 Å². The van der Waals surface area contributed by atoms with E-state index in [2.05, 4.69) is 20.8 Å². The minimum absolute atomic E-state index is 0.0646. The monoisotopic (exact) mass is 472 g/mol. The van der Waals surface area contributed by atoms with Crippen molar-refractivity contribution in [3.8, 4) is 0 Å². The summed E-state index contributed by atoms with van der Waals surface area (Å²) in [5, 5.41) is 8.85. The third kappa shape index (κ3) is 4.49. The number of carbonyl (C=O) groups excluding carboxylic acids is 2. The molecule has 4 rings (SSSR count). The molecule has 2 amide bonds. The van der Waals surface area contributed by atoms with Crippen molar-refractivity contribution in [1.82, 2.24) is 10.1 Å². The fourth-order valence-corrected chi connectivity index (χ4v) is 3.34. The number of nitrogens with zero attached hydrogens (tertiary/aromatic N) is 2. The number of alkyl halides is 3. The van der Waals surface area contributed by atoms with Gasteiger partial charge in [-0.25, -0.2) is 4.98 Å². The van der Waals surface area contributed by atoms with Crippen LogP contribution in [0.25, 0.3) is 11.1 Å². The largest absolute Gasteiger partial charge is 0.472 e. The summed E-state index contributed by atoms with van der Waals surface area (Å²) in [6.45, 7) is 5.33. The van der Waals surface area contributed by atoms with Crippen molar-refractivity contribution in [2.75, 3.05) is 10.6 Å². The molecule has 0 saturated heterocycles. The first-order valence-corrected chi connectivity index (χ1v) is 10.2. The number of hydrogen-bond donors (Lipinski definition) is 2. The fraction of sp³-hybridized carbons (Fsp3) is 0.217. The van der Waals surface area contributed by atoms with Crippen LogP contribution in [0.2, 0.25) is 0 Å². The standard InChI is InChI=1S/C23H19F3N4O4/c1-11(2)18-9-15(19-12(3)30-34-22(19)29-18)21(32)28-17-5-4-14(8-16(17)23(24,25)26)27-20(31)13-6-7-33-10-13/h4-11H,1-3H3,(H,27,31)(H,28,32). The SMILES string of the molecule is Cc1noc2nc(C(C)C)cc(C(=O)Nc3ccc(NC(=O)c4ccoc4)cc3C(F)(F)F)c12. The van der Waals surface area contributed by atoms with E-state index in [1.807, 2.05) is 13.8 Å². The zero-order valence-electron chi connectivity index (χ0n) is 18.3. The normalized spacial score (nSPS) is 11.7. The van der Waals surface area contributed by atoms with Gasteiger partial charge in [0.25, 0.3) is 17.5 Å². The Morgan fingerprint density at radius 3 is 2.47 bits per heavy atom. The van der Waals surface area contributed by atoms with E-state index in [9.17, 15) is 22.8 Å². The second kappa shape index (κ2) is 8.65. The number of hydrogen-bond acceptors (Lipinski definition) is 6. The summed E-state index contributed by atoms with van der Waals surface area (Å²) in [4.78, 5) is 29.6. The van der Waals surface area contributed by atoms with Gasteiger partial charge in [-0.3, -0.25) is 9.59 Å². The Morgan fingerprint density at radius 1 is 1.06 bits per heavy atom. The highest BCUT2D eigenvalue weighted by Gasteiger charge is 2.35. The van der Waals surface area contributed by atoms with E-state index >= 15 is 0 Å². The van der Waals surface area contributed by atoms with Crippen molar-refractivity contribution in [3.63, 3.8) is 0 Å². The van der Waals surface area contributed by atoms with E-state index in [0.29, 0.717) is 16.8 Å². The van der Waals surface area contributed by atoms with Gasteiger partial charge in [-0.2, -0.15) is 13.2 Å². The van der Waals surface area contributed by atoms with Gasteiger partial charge in [0.05, 0.1) is 39.7 Å². The lowest BCUT2D eigenvalue weighted by Crippen LogP contribution is -2.18. The number of aromatic nitrogens is 2. The highest BCUT2D eigenvalue weighted by molar-refractivity contribution is 6.12. The Hall–Kier alpha value is -4.15. The molecule has 0 saturated carbocycles. The number of carbonyl (C=O) groups is 2. The summed E-state index contributed by atoms with van der Waals surface area (Å²) >= 11 is 0. The van der Waals surface area contributed by atoms with E-state index in [4.69, 9.17) is 8.94 Å². The molecule has 0 atom stereocenters. The summed E-state index contributed by atoms with van der Waals surface area (Å²) in [5.74, 6) is -1.48. The second-order valence-electron chi connectivity index (χ2n) is 7.88. The first-order chi connectivity index (χ1) is 16.0. The molecule has 8 nitrogen and oxygen atoms in total. The van der Waals surface area contributed by atoms with Crippen LogP contribution in [0, 0.1) is 6.92 Å². The van der Waals surface area contributed by atoms with Crippen LogP contribution in [0.15, 0.2) is 51.8 Å². The molecule has 176 valence electrons. The third-order valence-electron chi connectivity index (χ3n) is 5.09. The highest BCUT2D eigenvalue weighted by atomic mass is 19.4. The molecule has 0 unspecified atom stereocenters. The zero-order valence-corrected chi connectivity index (χ0v) is 18.3. The predicted octanol–water partition coefficient (Wildman–Crippen LogP) is 5.77. The number of anilines is 2. The number of fused-ring (bicyclic) bond motifs is 1. The number of aryl methyl sites for hydroxylation is 1. The third-order valence-corrected chi connectivity index (χ3v) is 5.09. The van der Waals surface area contributed by atoms with Crippen molar-refractivity contribution in [2.45, 2.75) is 32.9 Å². The average Bonchev–Trinajstić information content (AvgIpc) is 3.44. The maximum atomic E-state index is 13.8. The van der Waals surface area contributed by atoms with Gasteiger partial charge in [-0.1, -0.05) is 19.0 Å². The number of nitrogens with one attached hydrogen (secondary N) is 2. The average molecular weight is 472 g/mol. The maximum Gasteiger partial charge on any atom is 0.418 e. The summed E-state index contributed by atoms with van der Waals surface area (Å²) in [7, 11) is 0. The number of halogens is 3. The van der Waals surface area contributed by atoms with Crippen LogP contribution >= 0.6 is 0 Å². The molecule has 0 radical (unpaired) electrons. The molecule has 0 bridgehead atoms. The van der Waals surface area contributed by atoms with E-state index in [1.165, 1.54) is 30.7 Å². The predicted molar refractivity (Wildman–Crippen MR) is 117 cm³/mol. The molecule has 0 spiro atoms. The zero-order chi connectivity index (χ0) is 24.6. The van der Waals surface area contributed by atoms with Crippen LogP contribution in [0.3, 0.4) is 0 Å². The Labute approximate surface area is 191 Å². The van der Waals surface area contributed by atoms with Crippen molar-refractivity contribution in [2.24, 2.45) is 0 Å². The molecule has 2 N–H and O–H groups in total. The van der Waals surface area contributed by atoms with Crippen LogP contribution in [-0.4, -0.2) is 22.0 Å². The fourth-order valence-electron chi connectivity index (χ4n) is 3.34. The van der Waals surface area contributed by atoms with Crippen molar-refractivity contribution >= 4 is 34.3 Å². The topological polar surface area (TPSA) is 110 Å². The Morgan fingerprint density at radius 2 is 1.82 bits per heavy atom. The second-order valence-corrected chi connectivity index (χ2v) is 7.88. The summed E-state index contributed by atoms with van der Waals surface area (Å²) in [6.07, 6.45) is -2.36.